The van der Waals surface area contributed by atoms with Crippen LogP contribution in [0.3, 0.4) is 0 Å². The number of aromatic amines is 1. The van der Waals surface area contributed by atoms with Crippen molar-refractivity contribution in [3.8, 4) is 0 Å². The third kappa shape index (κ3) is 3.06. The molecule has 2 rings (SSSR count). The first-order chi connectivity index (χ1) is 9.44. The first-order valence-electron chi connectivity index (χ1n) is 6.23. The molecular weight excluding hydrogens is 276 g/mol. The summed E-state index contributed by atoms with van der Waals surface area (Å²) in [5.74, 6) is 0. The molecule has 6 nitrogen and oxygen atoms in total. The largest absolute Gasteiger partial charge is 0.326 e. The smallest absolute Gasteiger partial charge is 0.244 e. The quantitative estimate of drug-likeness (QED) is 0.764. The van der Waals surface area contributed by atoms with Gasteiger partial charge in [-0.2, -0.15) is 5.10 Å². The average Bonchev–Trinajstić information content (AvgIpc) is 2.77. The number of H-pyrrole nitrogens is 1. The van der Waals surface area contributed by atoms with Gasteiger partial charge in [0.1, 0.15) is 4.90 Å². The Morgan fingerprint density at radius 2 is 1.80 bits per heavy atom. The molecule has 0 bridgehead atoms. The number of nitrogens with one attached hydrogen (secondary N) is 2. The molecule has 0 unspecified atom stereocenters. The molecule has 0 atom stereocenters. The van der Waals surface area contributed by atoms with Gasteiger partial charge in [0.15, 0.2) is 0 Å². The summed E-state index contributed by atoms with van der Waals surface area (Å²) in [5.41, 5.74) is 8.41. The number of hydrogen-bond acceptors (Lipinski definition) is 4. The lowest BCUT2D eigenvalue weighted by Crippen LogP contribution is -2.24. The molecule has 0 saturated carbocycles. The average molecular weight is 294 g/mol. The van der Waals surface area contributed by atoms with Crippen molar-refractivity contribution in [1.82, 2.24) is 14.9 Å². The van der Waals surface area contributed by atoms with Gasteiger partial charge >= 0.3 is 0 Å². The van der Waals surface area contributed by atoms with Gasteiger partial charge in [-0.15, -0.1) is 0 Å². The molecule has 0 fully saturated rings. The first-order valence-corrected chi connectivity index (χ1v) is 7.71. The predicted molar refractivity (Wildman–Crippen MR) is 76.4 cm³/mol. The Hall–Kier alpha value is -1.70. The van der Waals surface area contributed by atoms with Crippen LogP contribution in [0, 0.1) is 13.8 Å². The number of rotatable bonds is 5. The maximum absolute atomic E-state index is 12.2. The fourth-order valence-corrected chi connectivity index (χ4v) is 3.36. The summed E-state index contributed by atoms with van der Waals surface area (Å²) in [6, 6.07) is 7.50. The molecule has 1 heterocycles. The van der Waals surface area contributed by atoms with E-state index in [4.69, 9.17) is 5.73 Å². The van der Waals surface area contributed by atoms with E-state index in [0.717, 1.165) is 11.1 Å². The van der Waals surface area contributed by atoms with Crippen molar-refractivity contribution < 1.29 is 8.42 Å². The zero-order valence-corrected chi connectivity index (χ0v) is 12.3. The van der Waals surface area contributed by atoms with Gasteiger partial charge in [0.25, 0.3) is 0 Å². The van der Waals surface area contributed by atoms with Gasteiger partial charge in [-0.1, -0.05) is 24.3 Å². The minimum absolute atomic E-state index is 0.219. The van der Waals surface area contributed by atoms with Crippen molar-refractivity contribution >= 4 is 10.0 Å². The molecule has 0 spiro atoms. The minimum Gasteiger partial charge on any atom is -0.326 e. The van der Waals surface area contributed by atoms with Crippen LogP contribution in [0.2, 0.25) is 0 Å². The summed E-state index contributed by atoms with van der Waals surface area (Å²) in [7, 11) is -3.56. The molecule has 4 N–H and O–H groups in total. The standard InChI is InChI=1S/C13H18N4O2S/c1-9-13(10(2)17-16-9)20(18,19)15-8-12-5-3-11(7-14)4-6-12/h3-6,15H,7-8,14H2,1-2H3,(H,16,17). The lowest BCUT2D eigenvalue weighted by molar-refractivity contribution is 0.580. The van der Waals surface area contributed by atoms with E-state index in [2.05, 4.69) is 14.9 Å². The Labute approximate surface area is 118 Å². The normalized spacial score (nSPS) is 11.8. The van der Waals surface area contributed by atoms with Crippen LogP contribution < -0.4 is 10.5 Å². The fourth-order valence-electron chi connectivity index (χ4n) is 1.98. The van der Waals surface area contributed by atoms with E-state index in [-0.39, 0.29) is 11.4 Å². The van der Waals surface area contributed by atoms with Crippen LogP contribution in [0.15, 0.2) is 29.2 Å². The highest BCUT2D eigenvalue weighted by Gasteiger charge is 2.21. The number of nitrogens with zero attached hydrogens (tertiary/aromatic N) is 1. The summed E-state index contributed by atoms with van der Waals surface area (Å²) >= 11 is 0. The molecule has 0 radical (unpaired) electrons. The maximum Gasteiger partial charge on any atom is 0.244 e. The summed E-state index contributed by atoms with van der Waals surface area (Å²) in [6.45, 7) is 4.05. The summed E-state index contributed by atoms with van der Waals surface area (Å²) in [6.07, 6.45) is 0. The number of aryl methyl sites for hydroxylation is 2. The van der Waals surface area contributed by atoms with Gasteiger partial charge in [-0.3, -0.25) is 5.10 Å². The molecule has 1 aromatic heterocycles. The van der Waals surface area contributed by atoms with Gasteiger partial charge in [-0.05, 0) is 25.0 Å². The molecule has 0 amide bonds. The van der Waals surface area contributed by atoms with Crippen molar-refractivity contribution in [3.63, 3.8) is 0 Å². The zero-order chi connectivity index (χ0) is 14.8. The second-order valence-corrected chi connectivity index (χ2v) is 6.31. The van der Waals surface area contributed by atoms with Gasteiger partial charge in [0.2, 0.25) is 10.0 Å². The molecule has 1 aromatic carbocycles. The van der Waals surface area contributed by atoms with E-state index in [9.17, 15) is 8.42 Å². The third-order valence-electron chi connectivity index (χ3n) is 3.05. The lowest BCUT2D eigenvalue weighted by Gasteiger charge is -2.07. The number of nitrogens with two attached hydrogens (primary N) is 1. The molecule has 2 aromatic rings. The van der Waals surface area contributed by atoms with Crippen LogP contribution in [0.4, 0.5) is 0 Å². The molecular formula is C13H18N4O2S. The first kappa shape index (κ1) is 14.7. The Morgan fingerprint density at radius 3 is 2.30 bits per heavy atom. The number of benzene rings is 1. The zero-order valence-electron chi connectivity index (χ0n) is 11.5. The Bertz CT molecular complexity index is 670. The highest BCUT2D eigenvalue weighted by atomic mass is 32.2. The van der Waals surface area contributed by atoms with Crippen molar-refractivity contribution in [2.24, 2.45) is 5.73 Å². The molecule has 7 heteroatoms. The second kappa shape index (κ2) is 5.74. The lowest BCUT2D eigenvalue weighted by atomic mass is 10.1. The van der Waals surface area contributed by atoms with Crippen molar-refractivity contribution in [1.29, 1.82) is 0 Å². The Balaban J connectivity index is 2.13. The molecule has 20 heavy (non-hydrogen) atoms. The highest BCUT2D eigenvalue weighted by Crippen LogP contribution is 2.16. The SMILES string of the molecule is Cc1n[nH]c(C)c1S(=O)(=O)NCc1ccc(CN)cc1. The second-order valence-electron chi connectivity index (χ2n) is 4.61. The van der Waals surface area contributed by atoms with E-state index < -0.39 is 10.0 Å². The number of sulfonamides is 1. The number of hydrogen-bond donors (Lipinski definition) is 3. The van der Waals surface area contributed by atoms with E-state index in [1.165, 1.54) is 0 Å². The summed E-state index contributed by atoms with van der Waals surface area (Å²) in [4.78, 5) is 0.219. The molecule has 108 valence electrons. The van der Waals surface area contributed by atoms with Crippen LogP contribution in [-0.2, 0) is 23.1 Å². The van der Waals surface area contributed by atoms with E-state index >= 15 is 0 Å². The topological polar surface area (TPSA) is 101 Å². The molecule has 0 saturated heterocycles. The number of aromatic nitrogens is 2. The van der Waals surface area contributed by atoms with Crippen LogP contribution in [0.5, 0.6) is 0 Å². The van der Waals surface area contributed by atoms with Crippen LogP contribution in [0.25, 0.3) is 0 Å². The van der Waals surface area contributed by atoms with E-state index in [0.29, 0.717) is 17.9 Å². The predicted octanol–water partition coefficient (Wildman–Crippen LogP) is 0.964. The van der Waals surface area contributed by atoms with Gasteiger partial charge < -0.3 is 5.73 Å². The van der Waals surface area contributed by atoms with E-state index in [1.807, 2.05) is 24.3 Å². The molecule has 0 aliphatic rings. The van der Waals surface area contributed by atoms with E-state index in [1.54, 1.807) is 13.8 Å². The minimum atomic E-state index is -3.56. The van der Waals surface area contributed by atoms with Gasteiger partial charge in [0, 0.05) is 13.1 Å². The Morgan fingerprint density at radius 1 is 1.20 bits per heavy atom. The molecule has 0 aliphatic heterocycles. The van der Waals surface area contributed by atoms with Gasteiger partial charge in [0.05, 0.1) is 11.4 Å². The van der Waals surface area contributed by atoms with Crippen LogP contribution in [-0.4, -0.2) is 18.6 Å². The van der Waals surface area contributed by atoms with Crippen molar-refractivity contribution in [3.05, 3.63) is 46.8 Å². The highest BCUT2D eigenvalue weighted by molar-refractivity contribution is 7.89. The summed E-state index contributed by atoms with van der Waals surface area (Å²) < 4.78 is 27.1. The van der Waals surface area contributed by atoms with Crippen LogP contribution in [0.1, 0.15) is 22.5 Å². The Kier molecular flexibility index (Phi) is 4.22. The van der Waals surface area contributed by atoms with Crippen molar-refractivity contribution in [2.75, 3.05) is 0 Å². The monoisotopic (exact) mass is 294 g/mol. The van der Waals surface area contributed by atoms with Crippen LogP contribution >= 0.6 is 0 Å². The van der Waals surface area contributed by atoms with Crippen molar-refractivity contribution in [2.45, 2.75) is 31.8 Å². The maximum atomic E-state index is 12.2. The van der Waals surface area contributed by atoms with Gasteiger partial charge in [-0.25, -0.2) is 13.1 Å². The third-order valence-corrected chi connectivity index (χ3v) is 4.72. The fraction of sp³-hybridized carbons (Fsp3) is 0.308. The molecule has 0 aliphatic carbocycles. The summed E-state index contributed by atoms with van der Waals surface area (Å²) in [5, 5.41) is 6.58.